The first kappa shape index (κ1) is 14.1. The normalized spacial score (nSPS) is 10.7. The van der Waals surface area contributed by atoms with Gasteiger partial charge in [-0.25, -0.2) is 0 Å². The minimum Gasteiger partial charge on any atom is -0.0985 e. The SMILES string of the molecule is C=Cc1ccc(-c2ccc(C=Cc3ccccc3)cc2)cc1. The molecule has 0 bridgehead atoms. The van der Waals surface area contributed by atoms with E-state index in [1.807, 2.05) is 12.1 Å². The van der Waals surface area contributed by atoms with E-state index in [2.05, 4.69) is 91.5 Å². The summed E-state index contributed by atoms with van der Waals surface area (Å²) in [5.41, 5.74) is 6.02. The van der Waals surface area contributed by atoms with Crippen molar-refractivity contribution in [3.05, 3.63) is 102 Å². The summed E-state index contributed by atoms with van der Waals surface area (Å²) in [5, 5.41) is 0. The maximum atomic E-state index is 3.78. The Hall–Kier alpha value is -2.86. The van der Waals surface area contributed by atoms with Crippen LogP contribution in [0.4, 0.5) is 0 Å². The third-order valence-corrected chi connectivity index (χ3v) is 3.66. The van der Waals surface area contributed by atoms with Crippen molar-refractivity contribution in [2.24, 2.45) is 0 Å². The van der Waals surface area contributed by atoms with Gasteiger partial charge in [0.15, 0.2) is 0 Å². The van der Waals surface area contributed by atoms with Crippen LogP contribution in [-0.2, 0) is 0 Å². The molecule has 0 heteroatoms. The van der Waals surface area contributed by atoms with Crippen LogP contribution >= 0.6 is 0 Å². The lowest BCUT2D eigenvalue weighted by atomic mass is 10.0. The quantitative estimate of drug-likeness (QED) is 0.502. The van der Waals surface area contributed by atoms with Crippen LogP contribution in [0.25, 0.3) is 29.4 Å². The molecule has 0 saturated heterocycles. The fraction of sp³-hybridized carbons (Fsp3) is 0. The van der Waals surface area contributed by atoms with E-state index in [1.165, 1.54) is 22.3 Å². The summed E-state index contributed by atoms with van der Waals surface area (Å²) in [4.78, 5) is 0. The van der Waals surface area contributed by atoms with E-state index in [4.69, 9.17) is 0 Å². The van der Waals surface area contributed by atoms with Crippen LogP contribution in [0.3, 0.4) is 0 Å². The number of rotatable bonds is 4. The second-order valence-corrected chi connectivity index (χ2v) is 5.19. The summed E-state index contributed by atoms with van der Waals surface area (Å²) < 4.78 is 0. The molecule has 0 aliphatic heterocycles. The predicted molar refractivity (Wildman–Crippen MR) is 97.3 cm³/mol. The standard InChI is InChI=1S/C22H18/c1-2-18-10-14-21(15-11-18)22-16-12-20(13-17-22)9-8-19-6-4-3-5-7-19/h2-17H,1H2. The molecule has 106 valence electrons. The van der Waals surface area contributed by atoms with E-state index >= 15 is 0 Å². The fourth-order valence-corrected chi connectivity index (χ4v) is 2.35. The van der Waals surface area contributed by atoms with Crippen molar-refractivity contribution in [1.82, 2.24) is 0 Å². The zero-order valence-corrected chi connectivity index (χ0v) is 12.4. The minimum absolute atomic E-state index is 1.14. The van der Waals surface area contributed by atoms with Crippen molar-refractivity contribution in [3.63, 3.8) is 0 Å². The molecule has 0 nitrogen and oxygen atoms in total. The second-order valence-electron chi connectivity index (χ2n) is 5.19. The van der Waals surface area contributed by atoms with Gasteiger partial charge in [-0.1, -0.05) is 104 Å². The van der Waals surface area contributed by atoms with Crippen LogP contribution in [0, 0.1) is 0 Å². The Morgan fingerprint density at radius 1 is 0.500 bits per heavy atom. The largest absolute Gasteiger partial charge is 0.0985 e. The first-order valence-corrected chi connectivity index (χ1v) is 7.41. The van der Waals surface area contributed by atoms with E-state index in [1.54, 1.807) is 0 Å². The molecule has 3 aromatic carbocycles. The van der Waals surface area contributed by atoms with Gasteiger partial charge in [0.2, 0.25) is 0 Å². The Labute approximate surface area is 132 Å². The third kappa shape index (κ3) is 3.42. The summed E-state index contributed by atoms with van der Waals surface area (Å²) in [6, 6.07) is 27.4. The molecule has 0 radical (unpaired) electrons. The van der Waals surface area contributed by atoms with Gasteiger partial charge < -0.3 is 0 Å². The van der Waals surface area contributed by atoms with Gasteiger partial charge in [0.25, 0.3) is 0 Å². The molecular formula is C22H18. The fourth-order valence-electron chi connectivity index (χ4n) is 2.35. The van der Waals surface area contributed by atoms with E-state index in [9.17, 15) is 0 Å². The van der Waals surface area contributed by atoms with Gasteiger partial charge in [0.05, 0.1) is 0 Å². The van der Waals surface area contributed by atoms with Gasteiger partial charge in [-0.3, -0.25) is 0 Å². The molecule has 0 saturated carbocycles. The van der Waals surface area contributed by atoms with Crippen LogP contribution in [-0.4, -0.2) is 0 Å². The molecular weight excluding hydrogens is 264 g/mol. The molecule has 0 fully saturated rings. The molecule has 0 heterocycles. The highest BCUT2D eigenvalue weighted by Gasteiger charge is 1.97. The monoisotopic (exact) mass is 282 g/mol. The van der Waals surface area contributed by atoms with Crippen molar-refractivity contribution < 1.29 is 0 Å². The number of hydrogen-bond donors (Lipinski definition) is 0. The van der Waals surface area contributed by atoms with Crippen molar-refractivity contribution in [1.29, 1.82) is 0 Å². The number of hydrogen-bond acceptors (Lipinski definition) is 0. The average molecular weight is 282 g/mol. The van der Waals surface area contributed by atoms with Crippen LogP contribution in [0.15, 0.2) is 85.4 Å². The molecule has 0 aliphatic carbocycles. The summed E-state index contributed by atoms with van der Waals surface area (Å²) in [6.45, 7) is 3.78. The number of benzene rings is 3. The first-order chi connectivity index (χ1) is 10.8. The zero-order chi connectivity index (χ0) is 15.2. The molecule has 22 heavy (non-hydrogen) atoms. The van der Waals surface area contributed by atoms with E-state index in [0.717, 1.165) is 5.56 Å². The molecule has 0 spiro atoms. The second kappa shape index (κ2) is 6.73. The summed E-state index contributed by atoms with van der Waals surface area (Å²) in [7, 11) is 0. The molecule has 0 aromatic heterocycles. The summed E-state index contributed by atoms with van der Waals surface area (Å²) in [5.74, 6) is 0. The van der Waals surface area contributed by atoms with Crippen molar-refractivity contribution >= 4 is 18.2 Å². The molecule has 3 aromatic rings. The van der Waals surface area contributed by atoms with Gasteiger partial charge in [-0.2, -0.15) is 0 Å². The van der Waals surface area contributed by atoms with Gasteiger partial charge in [-0.05, 0) is 27.8 Å². The van der Waals surface area contributed by atoms with Crippen LogP contribution in [0.1, 0.15) is 16.7 Å². The Balaban J connectivity index is 1.77. The topological polar surface area (TPSA) is 0 Å². The maximum absolute atomic E-state index is 3.78. The van der Waals surface area contributed by atoms with Gasteiger partial charge >= 0.3 is 0 Å². The van der Waals surface area contributed by atoms with Crippen LogP contribution < -0.4 is 0 Å². The lowest BCUT2D eigenvalue weighted by molar-refractivity contribution is 1.59. The van der Waals surface area contributed by atoms with Gasteiger partial charge in [0, 0.05) is 0 Å². The zero-order valence-electron chi connectivity index (χ0n) is 12.4. The molecule has 0 amide bonds. The molecule has 0 N–H and O–H groups in total. The van der Waals surface area contributed by atoms with Crippen molar-refractivity contribution in [2.45, 2.75) is 0 Å². The third-order valence-electron chi connectivity index (χ3n) is 3.66. The molecule has 0 unspecified atom stereocenters. The van der Waals surface area contributed by atoms with E-state index < -0.39 is 0 Å². The van der Waals surface area contributed by atoms with Crippen LogP contribution in [0.5, 0.6) is 0 Å². The highest BCUT2D eigenvalue weighted by Crippen LogP contribution is 2.21. The van der Waals surface area contributed by atoms with E-state index in [-0.39, 0.29) is 0 Å². The van der Waals surface area contributed by atoms with Crippen molar-refractivity contribution in [2.75, 3.05) is 0 Å². The molecule has 0 atom stereocenters. The summed E-state index contributed by atoms with van der Waals surface area (Å²) >= 11 is 0. The smallest absolute Gasteiger partial charge is 0.0184 e. The molecule has 3 rings (SSSR count). The van der Waals surface area contributed by atoms with Crippen molar-refractivity contribution in [3.8, 4) is 11.1 Å². The Bertz CT molecular complexity index is 761. The lowest BCUT2D eigenvalue weighted by Gasteiger charge is -2.03. The van der Waals surface area contributed by atoms with Crippen LogP contribution in [0.2, 0.25) is 0 Å². The average Bonchev–Trinajstić information content (AvgIpc) is 2.61. The Kier molecular flexibility index (Phi) is 4.31. The highest BCUT2D eigenvalue weighted by atomic mass is 14.0. The minimum atomic E-state index is 1.14. The first-order valence-electron chi connectivity index (χ1n) is 7.41. The maximum Gasteiger partial charge on any atom is -0.0184 e. The summed E-state index contributed by atoms with van der Waals surface area (Å²) in [6.07, 6.45) is 6.13. The Morgan fingerprint density at radius 2 is 0.955 bits per heavy atom. The predicted octanol–water partition coefficient (Wildman–Crippen LogP) is 6.17. The van der Waals surface area contributed by atoms with Gasteiger partial charge in [-0.15, -0.1) is 0 Å². The van der Waals surface area contributed by atoms with E-state index in [0.29, 0.717) is 0 Å². The van der Waals surface area contributed by atoms with Gasteiger partial charge in [0.1, 0.15) is 0 Å². The lowest BCUT2D eigenvalue weighted by Crippen LogP contribution is -1.79. The molecule has 0 aliphatic rings. The highest BCUT2D eigenvalue weighted by molar-refractivity contribution is 5.72. The Morgan fingerprint density at radius 3 is 1.45 bits per heavy atom.